The van der Waals surface area contributed by atoms with Gasteiger partial charge in [0.2, 0.25) is 0 Å². The molecule has 1 amide bonds. The van der Waals surface area contributed by atoms with Crippen molar-refractivity contribution in [1.82, 2.24) is 25.1 Å². The van der Waals surface area contributed by atoms with Crippen LogP contribution >= 0.6 is 0 Å². The fourth-order valence-corrected chi connectivity index (χ4v) is 4.20. The molecule has 4 rings (SSSR count). The van der Waals surface area contributed by atoms with Crippen LogP contribution in [0.2, 0.25) is 0 Å². The summed E-state index contributed by atoms with van der Waals surface area (Å²) in [5.41, 5.74) is 1.35. The number of hydrogen-bond acceptors (Lipinski definition) is 6. The summed E-state index contributed by atoms with van der Waals surface area (Å²) in [5, 5.41) is 7.78. The Balaban J connectivity index is 1.48. The van der Waals surface area contributed by atoms with E-state index < -0.39 is 0 Å². The maximum Gasteiger partial charge on any atom is 0.274 e. The smallest absolute Gasteiger partial charge is 0.274 e. The highest BCUT2D eigenvalue weighted by atomic mass is 16.2. The van der Waals surface area contributed by atoms with Crippen molar-refractivity contribution in [3.8, 4) is 0 Å². The first-order valence-electron chi connectivity index (χ1n) is 8.72. The monoisotopic (exact) mass is 338 g/mol. The van der Waals surface area contributed by atoms with Gasteiger partial charge in [0, 0.05) is 38.3 Å². The number of amides is 1. The number of likely N-dealkylation sites (tertiary alicyclic amines) is 1. The van der Waals surface area contributed by atoms with Crippen LogP contribution < -0.4 is 4.90 Å². The molecule has 0 spiro atoms. The lowest BCUT2D eigenvalue weighted by Gasteiger charge is -2.30. The molecule has 3 heterocycles. The molecule has 2 aromatic heterocycles. The van der Waals surface area contributed by atoms with E-state index in [1.165, 1.54) is 0 Å². The van der Waals surface area contributed by atoms with Crippen LogP contribution in [0.25, 0.3) is 0 Å². The molecule has 0 radical (unpaired) electrons. The molecule has 25 heavy (non-hydrogen) atoms. The summed E-state index contributed by atoms with van der Waals surface area (Å²) in [6.07, 6.45) is 7.50. The molecule has 1 aliphatic heterocycles. The standard InChI is InChI=1S/C18H22N6O/c1-12-8-20-17(9-19-12)23(2)16-6-5-13-10-24(11-14(13)16)18(25)15-4-3-7-21-22-15/h3-4,7-9,13-14,16H,5-6,10-11H2,1-2H3/t13-,14+,16-/m1/s1. The Hall–Kier alpha value is -2.57. The van der Waals surface area contributed by atoms with E-state index in [0.717, 1.165) is 37.4 Å². The number of carbonyl (C=O) groups is 1. The van der Waals surface area contributed by atoms with Gasteiger partial charge in [0.15, 0.2) is 5.69 Å². The van der Waals surface area contributed by atoms with Crippen molar-refractivity contribution in [2.24, 2.45) is 11.8 Å². The number of aryl methyl sites for hydroxylation is 1. The summed E-state index contributed by atoms with van der Waals surface area (Å²) in [5.74, 6) is 1.90. The predicted molar refractivity (Wildman–Crippen MR) is 93.1 cm³/mol. The van der Waals surface area contributed by atoms with Crippen LogP contribution in [0.4, 0.5) is 5.82 Å². The van der Waals surface area contributed by atoms with E-state index in [9.17, 15) is 4.79 Å². The first kappa shape index (κ1) is 15.9. The van der Waals surface area contributed by atoms with E-state index in [1.807, 2.05) is 18.0 Å². The highest BCUT2D eigenvalue weighted by Crippen LogP contribution is 2.41. The summed E-state index contributed by atoms with van der Waals surface area (Å²) in [4.78, 5) is 25.7. The van der Waals surface area contributed by atoms with Crippen LogP contribution in [0.5, 0.6) is 0 Å². The lowest BCUT2D eigenvalue weighted by Crippen LogP contribution is -2.39. The number of hydrogen-bond donors (Lipinski definition) is 0. The molecule has 7 nitrogen and oxygen atoms in total. The average Bonchev–Trinajstić information content (AvgIpc) is 3.22. The minimum absolute atomic E-state index is 0.0148. The normalized spacial score (nSPS) is 25.0. The zero-order valence-electron chi connectivity index (χ0n) is 14.5. The molecule has 3 atom stereocenters. The fraction of sp³-hybridized carbons (Fsp3) is 0.500. The minimum Gasteiger partial charge on any atom is -0.355 e. The molecule has 1 aliphatic carbocycles. The van der Waals surface area contributed by atoms with Gasteiger partial charge in [-0.25, -0.2) is 4.98 Å². The Bertz CT molecular complexity index is 750. The van der Waals surface area contributed by atoms with Crippen LogP contribution in [0.1, 0.15) is 29.0 Å². The van der Waals surface area contributed by atoms with Gasteiger partial charge in [-0.1, -0.05) is 0 Å². The molecule has 0 aromatic carbocycles. The van der Waals surface area contributed by atoms with Crippen molar-refractivity contribution in [2.75, 3.05) is 25.0 Å². The summed E-state index contributed by atoms with van der Waals surface area (Å²) in [6.45, 7) is 3.52. The molecule has 2 aliphatic rings. The van der Waals surface area contributed by atoms with Crippen molar-refractivity contribution in [3.05, 3.63) is 42.1 Å². The molecule has 0 bridgehead atoms. The zero-order chi connectivity index (χ0) is 17.4. The Kier molecular flexibility index (Phi) is 4.07. The number of aromatic nitrogens is 4. The van der Waals surface area contributed by atoms with Gasteiger partial charge in [-0.15, -0.1) is 5.10 Å². The summed E-state index contributed by atoms with van der Waals surface area (Å²) in [7, 11) is 2.08. The second kappa shape index (κ2) is 6.38. The number of anilines is 1. The van der Waals surface area contributed by atoms with E-state index >= 15 is 0 Å². The van der Waals surface area contributed by atoms with Gasteiger partial charge in [-0.3, -0.25) is 9.78 Å². The first-order valence-corrected chi connectivity index (χ1v) is 8.72. The van der Waals surface area contributed by atoms with E-state index in [4.69, 9.17) is 0 Å². The largest absolute Gasteiger partial charge is 0.355 e. The van der Waals surface area contributed by atoms with Gasteiger partial charge in [0.1, 0.15) is 5.82 Å². The average molecular weight is 338 g/mol. The van der Waals surface area contributed by atoms with Crippen LogP contribution in [0.15, 0.2) is 30.7 Å². The number of fused-ring (bicyclic) bond motifs is 1. The van der Waals surface area contributed by atoms with Crippen molar-refractivity contribution in [3.63, 3.8) is 0 Å². The summed E-state index contributed by atoms with van der Waals surface area (Å²) >= 11 is 0. The SMILES string of the molecule is Cc1cnc(N(C)[C@@H]2CC[C@@H]3CN(C(=O)c4cccnn4)C[C@@H]32)cn1. The Labute approximate surface area is 147 Å². The Morgan fingerprint density at radius 2 is 2.12 bits per heavy atom. The predicted octanol–water partition coefficient (Wildman–Crippen LogP) is 1.56. The molecule has 1 saturated heterocycles. The van der Waals surface area contributed by atoms with Crippen molar-refractivity contribution in [1.29, 1.82) is 0 Å². The summed E-state index contributed by atoms with van der Waals surface area (Å²) < 4.78 is 0. The topological polar surface area (TPSA) is 75.1 Å². The molecular formula is C18H22N6O. The fourth-order valence-electron chi connectivity index (χ4n) is 4.20. The van der Waals surface area contributed by atoms with E-state index in [1.54, 1.807) is 24.5 Å². The lowest BCUT2D eigenvalue weighted by molar-refractivity contribution is 0.0772. The third kappa shape index (κ3) is 2.94. The van der Waals surface area contributed by atoms with Crippen LogP contribution in [0, 0.1) is 18.8 Å². The van der Waals surface area contributed by atoms with Crippen molar-refractivity contribution in [2.45, 2.75) is 25.8 Å². The van der Waals surface area contributed by atoms with Gasteiger partial charge in [-0.05, 0) is 37.8 Å². The first-order chi connectivity index (χ1) is 12.1. The molecular weight excluding hydrogens is 316 g/mol. The quantitative estimate of drug-likeness (QED) is 0.845. The van der Waals surface area contributed by atoms with Gasteiger partial charge in [-0.2, -0.15) is 5.10 Å². The molecule has 1 saturated carbocycles. The van der Waals surface area contributed by atoms with Crippen molar-refractivity contribution >= 4 is 11.7 Å². The molecule has 0 N–H and O–H groups in total. The minimum atomic E-state index is -0.0148. The number of carbonyl (C=O) groups excluding carboxylic acids is 1. The van der Waals surface area contributed by atoms with Gasteiger partial charge in [0.25, 0.3) is 5.91 Å². The second-order valence-corrected chi connectivity index (χ2v) is 7.01. The molecule has 130 valence electrons. The molecule has 0 unspecified atom stereocenters. The Morgan fingerprint density at radius 1 is 1.24 bits per heavy atom. The maximum atomic E-state index is 12.6. The number of nitrogens with zero attached hydrogens (tertiary/aromatic N) is 6. The third-order valence-corrected chi connectivity index (χ3v) is 5.52. The van der Waals surface area contributed by atoms with Crippen LogP contribution in [-0.4, -0.2) is 57.2 Å². The van der Waals surface area contributed by atoms with Crippen LogP contribution in [0.3, 0.4) is 0 Å². The molecule has 2 aromatic rings. The van der Waals surface area contributed by atoms with Gasteiger partial charge >= 0.3 is 0 Å². The highest BCUT2D eigenvalue weighted by Gasteiger charge is 2.46. The van der Waals surface area contributed by atoms with Crippen LogP contribution in [-0.2, 0) is 0 Å². The maximum absolute atomic E-state index is 12.6. The van der Waals surface area contributed by atoms with E-state index in [-0.39, 0.29) is 5.91 Å². The van der Waals surface area contributed by atoms with Gasteiger partial charge < -0.3 is 9.80 Å². The van der Waals surface area contributed by atoms with Gasteiger partial charge in [0.05, 0.1) is 18.1 Å². The van der Waals surface area contributed by atoms with E-state index in [2.05, 4.69) is 32.1 Å². The summed E-state index contributed by atoms with van der Waals surface area (Å²) in [6, 6.07) is 3.88. The number of rotatable bonds is 3. The van der Waals surface area contributed by atoms with Crippen molar-refractivity contribution < 1.29 is 4.79 Å². The molecule has 2 fully saturated rings. The Morgan fingerprint density at radius 3 is 2.84 bits per heavy atom. The second-order valence-electron chi connectivity index (χ2n) is 7.01. The lowest BCUT2D eigenvalue weighted by atomic mass is 9.97. The third-order valence-electron chi connectivity index (χ3n) is 5.52. The molecule has 7 heteroatoms. The zero-order valence-corrected chi connectivity index (χ0v) is 14.5. The highest BCUT2D eigenvalue weighted by molar-refractivity contribution is 5.92. The van der Waals surface area contributed by atoms with E-state index in [0.29, 0.717) is 23.6 Å².